The fourth-order valence-corrected chi connectivity index (χ4v) is 2.45. The molecular weight excluding hydrogens is 361 g/mol. The summed E-state index contributed by atoms with van der Waals surface area (Å²) in [5, 5.41) is 4.76. The van der Waals surface area contributed by atoms with Crippen LogP contribution in [0.5, 0.6) is 11.5 Å². The first-order chi connectivity index (χ1) is 12.7. The Morgan fingerprint density at radius 2 is 1.67 bits per heavy atom. The molecule has 0 aliphatic carbocycles. The minimum absolute atomic E-state index is 0.194. The van der Waals surface area contributed by atoms with Crippen molar-refractivity contribution in [2.24, 2.45) is 0 Å². The summed E-state index contributed by atoms with van der Waals surface area (Å²) < 4.78 is 50.3. The topological polar surface area (TPSA) is 59.6 Å². The summed E-state index contributed by atoms with van der Waals surface area (Å²) in [5.41, 5.74) is -0.0708. The Balaban J connectivity index is 2.06. The number of halogens is 3. The molecule has 2 amide bonds. The summed E-state index contributed by atoms with van der Waals surface area (Å²) in [6, 6.07) is 6.35. The molecule has 0 saturated heterocycles. The Kier molecular flexibility index (Phi) is 6.20. The normalized spacial score (nSPS) is 11.1. The first-order valence-corrected chi connectivity index (χ1v) is 8.10. The smallest absolute Gasteiger partial charge is 0.319 e. The van der Waals surface area contributed by atoms with Gasteiger partial charge in [-0.2, -0.15) is 0 Å². The van der Waals surface area contributed by atoms with Gasteiger partial charge in [0.15, 0.2) is 29.0 Å². The van der Waals surface area contributed by atoms with E-state index in [9.17, 15) is 18.0 Å². The van der Waals surface area contributed by atoms with Crippen molar-refractivity contribution in [3.05, 3.63) is 53.3 Å². The van der Waals surface area contributed by atoms with Crippen molar-refractivity contribution in [2.75, 3.05) is 26.1 Å². The summed E-state index contributed by atoms with van der Waals surface area (Å²) in [6.07, 6.45) is 0. The van der Waals surface area contributed by atoms with Gasteiger partial charge in [-0.3, -0.25) is 0 Å². The first-order valence-electron chi connectivity index (χ1n) is 8.10. The lowest BCUT2D eigenvalue weighted by molar-refractivity contribution is 0.249. The highest BCUT2D eigenvalue weighted by molar-refractivity contribution is 5.89. The van der Waals surface area contributed by atoms with Gasteiger partial charge >= 0.3 is 6.03 Å². The predicted octanol–water partition coefficient (Wildman–Crippen LogP) is 4.22. The number of carbonyl (C=O) groups excluding carboxylic acids is 1. The third-order valence-corrected chi connectivity index (χ3v) is 4.14. The van der Waals surface area contributed by atoms with Crippen LogP contribution in [0, 0.1) is 17.5 Å². The van der Waals surface area contributed by atoms with Gasteiger partial charge in [-0.05, 0) is 29.8 Å². The summed E-state index contributed by atoms with van der Waals surface area (Å²) in [6.45, 7) is 3.99. The number of hydrogen-bond acceptors (Lipinski definition) is 3. The van der Waals surface area contributed by atoms with Gasteiger partial charge in [0.1, 0.15) is 0 Å². The van der Waals surface area contributed by atoms with E-state index in [0.29, 0.717) is 11.5 Å². The van der Waals surface area contributed by atoms with Gasteiger partial charge in [0.25, 0.3) is 0 Å². The molecule has 27 heavy (non-hydrogen) atoms. The summed E-state index contributed by atoms with van der Waals surface area (Å²) >= 11 is 0. The van der Waals surface area contributed by atoms with Crippen LogP contribution in [0.2, 0.25) is 0 Å². The molecule has 0 unspecified atom stereocenters. The minimum atomic E-state index is -1.64. The van der Waals surface area contributed by atoms with Crippen LogP contribution in [0.3, 0.4) is 0 Å². The van der Waals surface area contributed by atoms with Gasteiger partial charge < -0.3 is 20.1 Å². The van der Waals surface area contributed by atoms with E-state index in [4.69, 9.17) is 9.47 Å². The quantitative estimate of drug-likeness (QED) is 0.736. The number of nitrogens with one attached hydrogen (secondary N) is 2. The molecule has 0 atom stereocenters. The van der Waals surface area contributed by atoms with E-state index in [1.807, 2.05) is 19.9 Å². The number of benzene rings is 2. The molecule has 0 saturated carbocycles. The lowest BCUT2D eigenvalue weighted by Gasteiger charge is -2.26. The monoisotopic (exact) mass is 382 g/mol. The second-order valence-corrected chi connectivity index (χ2v) is 6.48. The number of anilines is 1. The molecule has 0 fully saturated rings. The van der Waals surface area contributed by atoms with Crippen molar-refractivity contribution in [1.29, 1.82) is 0 Å². The molecule has 5 nitrogen and oxygen atoms in total. The molecule has 0 bridgehead atoms. The number of hydrogen-bond donors (Lipinski definition) is 2. The zero-order valence-corrected chi connectivity index (χ0v) is 15.5. The number of urea groups is 1. The SMILES string of the molecule is COc1ccc(C(C)(C)CNC(=O)Nc2ccc(F)c(F)c2F)cc1OC. The minimum Gasteiger partial charge on any atom is -0.493 e. The maximum Gasteiger partial charge on any atom is 0.319 e. The molecule has 2 N–H and O–H groups in total. The molecular formula is C19H21F3N2O3. The predicted molar refractivity (Wildman–Crippen MR) is 95.9 cm³/mol. The molecule has 8 heteroatoms. The summed E-state index contributed by atoms with van der Waals surface area (Å²) in [5.74, 6) is -3.29. The molecule has 146 valence electrons. The Morgan fingerprint density at radius 3 is 2.30 bits per heavy atom. The van der Waals surface area contributed by atoms with Crippen molar-refractivity contribution in [3.8, 4) is 11.5 Å². The zero-order chi connectivity index (χ0) is 20.2. The Morgan fingerprint density at radius 1 is 1.00 bits per heavy atom. The van der Waals surface area contributed by atoms with Gasteiger partial charge in [0.05, 0.1) is 19.9 Å². The van der Waals surface area contributed by atoms with E-state index >= 15 is 0 Å². The highest BCUT2D eigenvalue weighted by Crippen LogP contribution is 2.33. The highest BCUT2D eigenvalue weighted by Gasteiger charge is 2.23. The largest absolute Gasteiger partial charge is 0.493 e. The van der Waals surface area contributed by atoms with E-state index in [0.717, 1.165) is 17.7 Å². The summed E-state index contributed by atoms with van der Waals surface area (Å²) in [7, 11) is 3.06. The lowest BCUT2D eigenvalue weighted by atomic mass is 9.84. The van der Waals surface area contributed by atoms with Crippen molar-refractivity contribution in [1.82, 2.24) is 5.32 Å². The fourth-order valence-electron chi connectivity index (χ4n) is 2.45. The highest BCUT2D eigenvalue weighted by atomic mass is 19.2. The van der Waals surface area contributed by atoms with E-state index < -0.39 is 34.6 Å². The number of carbonyl (C=O) groups is 1. The first kappa shape index (κ1) is 20.4. The zero-order valence-electron chi connectivity index (χ0n) is 15.5. The van der Waals surface area contributed by atoms with Crippen LogP contribution >= 0.6 is 0 Å². The Labute approximate surface area is 155 Å². The Bertz CT molecular complexity index is 841. The third-order valence-electron chi connectivity index (χ3n) is 4.14. The number of amides is 2. The molecule has 2 rings (SSSR count). The van der Waals surface area contributed by atoms with Crippen LogP contribution in [-0.4, -0.2) is 26.8 Å². The van der Waals surface area contributed by atoms with Gasteiger partial charge in [0.2, 0.25) is 0 Å². The second-order valence-electron chi connectivity index (χ2n) is 6.48. The molecule has 0 heterocycles. The fraction of sp³-hybridized carbons (Fsp3) is 0.316. The average molecular weight is 382 g/mol. The van der Waals surface area contributed by atoms with Gasteiger partial charge in [-0.1, -0.05) is 19.9 Å². The van der Waals surface area contributed by atoms with E-state index in [1.165, 1.54) is 14.2 Å². The second kappa shape index (κ2) is 8.20. The van der Waals surface area contributed by atoms with E-state index in [-0.39, 0.29) is 6.54 Å². The lowest BCUT2D eigenvalue weighted by Crippen LogP contribution is -2.39. The summed E-state index contributed by atoms with van der Waals surface area (Å²) in [4.78, 5) is 12.0. The van der Waals surface area contributed by atoms with Gasteiger partial charge in [-0.25, -0.2) is 18.0 Å². The van der Waals surface area contributed by atoms with Crippen LogP contribution in [-0.2, 0) is 5.41 Å². The maximum atomic E-state index is 13.6. The molecule has 0 aliphatic heterocycles. The van der Waals surface area contributed by atoms with Crippen LogP contribution in [0.1, 0.15) is 19.4 Å². The van der Waals surface area contributed by atoms with Crippen molar-refractivity contribution >= 4 is 11.7 Å². The van der Waals surface area contributed by atoms with Crippen LogP contribution in [0.15, 0.2) is 30.3 Å². The Hall–Kier alpha value is -2.90. The number of rotatable bonds is 6. The molecule has 0 spiro atoms. The number of methoxy groups -OCH3 is 2. The van der Waals surface area contributed by atoms with Gasteiger partial charge in [0, 0.05) is 12.0 Å². The van der Waals surface area contributed by atoms with E-state index in [1.54, 1.807) is 12.1 Å². The average Bonchev–Trinajstić information content (AvgIpc) is 2.66. The van der Waals surface area contributed by atoms with Crippen molar-refractivity contribution < 1.29 is 27.4 Å². The number of ether oxygens (including phenoxy) is 2. The molecule has 0 radical (unpaired) electrons. The standard InChI is InChI=1S/C19H21F3N2O3/c1-19(2,11-5-8-14(26-3)15(9-11)27-4)10-23-18(25)24-13-7-6-12(20)16(21)17(13)22/h5-9H,10H2,1-4H3,(H2,23,24,25). The maximum absolute atomic E-state index is 13.6. The molecule has 0 aliphatic rings. The molecule has 2 aromatic rings. The van der Waals surface area contributed by atoms with Gasteiger partial charge in [-0.15, -0.1) is 0 Å². The van der Waals surface area contributed by atoms with Crippen LogP contribution < -0.4 is 20.1 Å². The molecule has 0 aromatic heterocycles. The molecule has 2 aromatic carbocycles. The van der Waals surface area contributed by atoms with Crippen LogP contribution in [0.4, 0.5) is 23.7 Å². The van der Waals surface area contributed by atoms with E-state index in [2.05, 4.69) is 10.6 Å². The van der Waals surface area contributed by atoms with Crippen molar-refractivity contribution in [2.45, 2.75) is 19.3 Å². The van der Waals surface area contributed by atoms with Crippen LogP contribution in [0.25, 0.3) is 0 Å². The van der Waals surface area contributed by atoms with Crippen molar-refractivity contribution in [3.63, 3.8) is 0 Å². The third kappa shape index (κ3) is 4.64.